The maximum atomic E-state index is 11.7. The van der Waals surface area contributed by atoms with Gasteiger partial charge >= 0.3 is 0 Å². The van der Waals surface area contributed by atoms with Gasteiger partial charge in [-0.05, 0) is 6.42 Å². The first-order valence-electron chi connectivity index (χ1n) is 4.84. The normalized spacial score (nSPS) is 28.5. The Bertz CT molecular complexity index is 198. The lowest BCUT2D eigenvalue weighted by atomic mass is 10.0. The predicted octanol–water partition coefficient (Wildman–Crippen LogP) is -0.547. The SMILES string of the molecule is CN(C(=O)C1CNC1)C1CCOC1. The van der Waals surface area contributed by atoms with Crippen LogP contribution in [0.25, 0.3) is 0 Å². The first kappa shape index (κ1) is 8.97. The van der Waals surface area contributed by atoms with Crippen molar-refractivity contribution in [1.29, 1.82) is 0 Å². The van der Waals surface area contributed by atoms with Crippen molar-refractivity contribution < 1.29 is 9.53 Å². The second kappa shape index (κ2) is 3.64. The van der Waals surface area contributed by atoms with E-state index in [1.807, 2.05) is 11.9 Å². The van der Waals surface area contributed by atoms with E-state index in [9.17, 15) is 4.79 Å². The van der Waals surface area contributed by atoms with Gasteiger partial charge in [0, 0.05) is 26.7 Å². The van der Waals surface area contributed by atoms with Crippen molar-refractivity contribution in [1.82, 2.24) is 10.2 Å². The van der Waals surface area contributed by atoms with Gasteiger partial charge in [-0.15, -0.1) is 0 Å². The topological polar surface area (TPSA) is 41.6 Å². The van der Waals surface area contributed by atoms with Crippen LogP contribution in [0.1, 0.15) is 6.42 Å². The largest absolute Gasteiger partial charge is 0.379 e. The van der Waals surface area contributed by atoms with Gasteiger partial charge in [-0.25, -0.2) is 0 Å². The molecule has 1 N–H and O–H groups in total. The van der Waals surface area contributed by atoms with Crippen molar-refractivity contribution in [2.45, 2.75) is 12.5 Å². The Morgan fingerprint density at radius 2 is 2.31 bits per heavy atom. The molecule has 13 heavy (non-hydrogen) atoms. The Balaban J connectivity index is 1.87. The van der Waals surface area contributed by atoms with E-state index in [-0.39, 0.29) is 11.8 Å². The van der Waals surface area contributed by atoms with Crippen molar-refractivity contribution in [2.75, 3.05) is 33.4 Å². The van der Waals surface area contributed by atoms with Crippen molar-refractivity contribution in [3.63, 3.8) is 0 Å². The van der Waals surface area contributed by atoms with Crippen LogP contribution in [0.5, 0.6) is 0 Å². The highest BCUT2D eigenvalue weighted by molar-refractivity contribution is 5.80. The Morgan fingerprint density at radius 3 is 2.77 bits per heavy atom. The van der Waals surface area contributed by atoms with Crippen molar-refractivity contribution >= 4 is 5.91 Å². The van der Waals surface area contributed by atoms with Gasteiger partial charge in [0.15, 0.2) is 0 Å². The van der Waals surface area contributed by atoms with Crippen LogP contribution in [0.3, 0.4) is 0 Å². The van der Waals surface area contributed by atoms with Crippen molar-refractivity contribution in [3.05, 3.63) is 0 Å². The molecule has 2 aliphatic heterocycles. The standard InChI is InChI=1S/C9H16N2O2/c1-11(8-2-3-13-6-8)9(12)7-4-10-5-7/h7-8,10H,2-6H2,1H3. The molecule has 0 aliphatic carbocycles. The summed E-state index contributed by atoms with van der Waals surface area (Å²) in [7, 11) is 1.89. The van der Waals surface area contributed by atoms with E-state index in [2.05, 4.69) is 5.32 Å². The van der Waals surface area contributed by atoms with Gasteiger partial charge in [-0.2, -0.15) is 0 Å². The van der Waals surface area contributed by atoms with Gasteiger partial charge in [0.2, 0.25) is 5.91 Å². The summed E-state index contributed by atoms with van der Waals surface area (Å²) in [6.07, 6.45) is 0.988. The molecule has 0 saturated carbocycles. The summed E-state index contributed by atoms with van der Waals surface area (Å²) in [6, 6.07) is 0.313. The zero-order valence-corrected chi connectivity index (χ0v) is 7.95. The number of hydrogen-bond acceptors (Lipinski definition) is 3. The number of hydrogen-bond donors (Lipinski definition) is 1. The van der Waals surface area contributed by atoms with Crippen molar-refractivity contribution in [3.8, 4) is 0 Å². The number of likely N-dealkylation sites (N-methyl/N-ethyl adjacent to an activating group) is 1. The Kier molecular flexibility index (Phi) is 2.51. The fourth-order valence-corrected chi connectivity index (χ4v) is 1.76. The summed E-state index contributed by atoms with van der Waals surface area (Å²) < 4.78 is 5.25. The molecule has 0 aromatic carbocycles. The third-order valence-electron chi connectivity index (χ3n) is 2.93. The van der Waals surface area contributed by atoms with E-state index < -0.39 is 0 Å². The highest BCUT2D eigenvalue weighted by atomic mass is 16.5. The molecule has 0 aromatic rings. The minimum atomic E-state index is 0.214. The van der Waals surface area contributed by atoms with Crippen LogP contribution in [0.15, 0.2) is 0 Å². The molecule has 0 bridgehead atoms. The van der Waals surface area contributed by atoms with E-state index >= 15 is 0 Å². The Labute approximate surface area is 78.2 Å². The predicted molar refractivity (Wildman–Crippen MR) is 48.4 cm³/mol. The highest BCUT2D eigenvalue weighted by Crippen LogP contribution is 2.15. The molecule has 2 fully saturated rings. The highest BCUT2D eigenvalue weighted by Gasteiger charge is 2.32. The van der Waals surface area contributed by atoms with E-state index in [1.54, 1.807) is 0 Å². The van der Waals surface area contributed by atoms with Gasteiger partial charge in [-0.3, -0.25) is 4.79 Å². The summed E-state index contributed by atoms with van der Waals surface area (Å²) in [5.41, 5.74) is 0. The van der Waals surface area contributed by atoms with Crippen LogP contribution in [0, 0.1) is 5.92 Å². The van der Waals surface area contributed by atoms with Crippen LogP contribution >= 0.6 is 0 Å². The Hall–Kier alpha value is -0.610. The lowest BCUT2D eigenvalue weighted by Crippen LogP contribution is -2.53. The maximum absolute atomic E-state index is 11.7. The molecule has 2 aliphatic rings. The minimum absolute atomic E-state index is 0.214. The molecule has 2 heterocycles. The number of rotatable bonds is 2. The number of nitrogens with one attached hydrogen (secondary N) is 1. The molecular formula is C9H16N2O2. The van der Waals surface area contributed by atoms with Crippen LogP contribution < -0.4 is 5.32 Å². The number of amides is 1. The summed E-state index contributed by atoms with van der Waals surface area (Å²) in [5.74, 6) is 0.486. The lowest BCUT2D eigenvalue weighted by molar-refractivity contribution is -0.137. The van der Waals surface area contributed by atoms with Gasteiger partial charge in [0.05, 0.1) is 18.6 Å². The number of ether oxygens (including phenoxy) is 1. The summed E-state index contributed by atoms with van der Waals surface area (Å²) in [6.45, 7) is 3.20. The molecule has 0 aromatic heterocycles. The number of carbonyl (C=O) groups is 1. The second-order valence-corrected chi connectivity index (χ2v) is 3.82. The Morgan fingerprint density at radius 1 is 1.54 bits per heavy atom. The third kappa shape index (κ3) is 1.69. The maximum Gasteiger partial charge on any atom is 0.228 e. The zero-order valence-electron chi connectivity index (χ0n) is 7.95. The van der Waals surface area contributed by atoms with E-state index in [0.29, 0.717) is 12.6 Å². The van der Waals surface area contributed by atoms with Crippen LogP contribution in [0.2, 0.25) is 0 Å². The summed E-state index contributed by atoms with van der Waals surface area (Å²) in [5, 5.41) is 3.11. The molecule has 2 saturated heterocycles. The molecule has 4 heteroatoms. The zero-order chi connectivity index (χ0) is 9.26. The molecule has 4 nitrogen and oxygen atoms in total. The number of carbonyl (C=O) groups excluding carboxylic acids is 1. The summed E-state index contributed by atoms with van der Waals surface area (Å²) >= 11 is 0. The molecular weight excluding hydrogens is 168 g/mol. The summed E-state index contributed by atoms with van der Waals surface area (Å²) in [4.78, 5) is 13.6. The van der Waals surface area contributed by atoms with Crippen LogP contribution in [0.4, 0.5) is 0 Å². The smallest absolute Gasteiger partial charge is 0.228 e. The third-order valence-corrected chi connectivity index (χ3v) is 2.93. The van der Waals surface area contributed by atoms with Gasteiger partial charge < -0.3 is 15.0 Å². The lowest BCUT2D eigenvalue weighted by Gasteiger charge is -2.32. The second-order valence-electron chi connectivity index (χ2n) is 3.82. The molecule has 1 atom stereocenters. The molecule has 1 unspecified atom stereocenters. The van der Waals surface area contributed by atoms with Gasteiger partial charge in [-0.1, -0.05) is 0 Å². The van der Waals surface area contributed by atoms with Crippen LogP contribution in [-0.4, -0.2) is 50.2 Å². The van der Waals surface area contributed by atoms with E-state index in [0.717, 1.165) is 26.1 Å². The fraction of sp³-hybridized carbons (Fsp3) is 0.889. The minimum Gasteiger partial charge on any atom is -0.379 e. The van der Waals surface area contributed by atoms with Gasteiger partial charge in [0.25, 0.3) is 0 Å². The first-order valence-corrected chi connectivity index (χ1v) is 4.84. The van der Waals surface area contributed by atoms with E-state index in [4.69, 9.17) is 4.74 Å². The number of nitrogens with zero attached hydrogens (tertiary/aromatic N) is 1. The van der Waals surface area contributed by atoms with Crippen molar-refractivity contribution in [2.24, 2.45) is 5.92 Å². The molecule has 2 rings (SSSR count). The molecule has 1 amide bonds. The molecule has 0 radical (unpaired) electrons. The monoisotopic (exact) mass is 184 g/mol. The van der Waals surface area contributed by atoms with Crippen LogP contribution in [-0.2, 0) is 9.53 Å². The van der Waals surface area contributed by atoms with Gasteiger partial charge in [0.1, 0.15) is 0 Å². The molecule has 0 spiro atoms. The first-order chi connectivity index (χ1) is 6.29. The quantitative estimate of drug-likeness (QED) is 0.626. The average Bonchev–Trinajstić information content (AvgIpc) is 2.51. The molecule has 74 valence electrons. The van der Waals surface area contributed by atoms with E-state index in [1.165, 1.54) is 0 Å². The fourth-order valence-electron chi connectivity index (χ4n) is 1.76. The average molecular weight is 184 g/mol.